The molecule has 1 heterocycles. The van der Waals surface area contributed by atoms with Crippen LogP contribution >= 0.6 is 0 Å². The first-order valence-electron chi connectivity index (χ1n) is 10.1. The maximum Gasteiger partial charge on any atom is 0.329 e. The number of hydrogen-bond donors (Lipinski definition) is 2. The summed E-state index contributed by atoms with van der Waals surface area (Å²) in [6.45, 7) is 0.910. The minimum absolute atomic E-state index is 0.165. The van der Waals surface area contributed by atoms with Crippen LogP contribution in [-0.4, -0.2) is 58.5 Å². The Morgan fingerprint density at radius 3 is 2.43 bits per heavy atom. The van der Waals surface area contributed by atoms with Crippen LogP contribution in [0.15, 0.2) is 30.3 Å². The number of anilines is 1. The Kier molecular flexibility index (Phi) is 6.21. The summed E-state index contributed by atoms with van der Waals surface area (Å²) in [5, 5.41) is 12.7. The summed E-state index contributed by atoms with van der Waals surface area (Å²) >= 11 is 0. The van der Waals surface area contributed by atoms with Crippen molar-refractivity contribution in [1.82, 2.24) is 9.80 Å². The quantitative estimate of drug-likeness (QED) is 0.830. The fraction of sp³-hybridized carbons (Fsp3) is 0.571. The van der Waals surface area contributed by atoms with Crippen LogP contribution in [0.25, 0.3) is 0 Å². The largest absolute Gasteiger partial charge is 0.479 e. The molecule has 7 nitrogen and oxygen atoms in total. The van der Waals surface area contributed by atoms with Gasteiger partial charge in [-0.05, 0) is 37.8 Å². The lowest BCUT2D eigenvalue weighted by atomic mass is 9.79. The van der Waals surface area contributed by atoms with E-state index in [-0.39, 0.29) is 17.9 Å². The monoisotopic (exact) mass is 387 g/mol. The average Bonchev–Trinajstić information content (AvgIpc) is 2.73. The molecule has 1 atom stereocenters. The Hall–Kier alpha value is -2.57. The Morgan fingerprint density at radius 2 is 1.79 bits per heavy atom. The van der Waals surface area contributed by atoms with Gasteiger partial charge in [-0.25, -0.2) is 9.59 Å². The normalized spacial score (nSPS) is 21.6. The van der Waals surface area contributed by atoms with E-state index in [0.717, 1.165) is 25.7 Å². The van der Waals surface area contributed by atoms with Crippen molar-refractivity contribution < 1.29 is 19.5 Å². The number of para-hydroxylation sites is 1. The molecule has 1 aromatic rings. The number of urea groups is 1. The Balaban J connectivity index is 1.66. The summed E-state index contributed by atoms with van der Waals surface area (Å²) in [6.07, 6.45) is 5.04. The number of nitrogens with zero attached hydrogens (tertiary/aromatic N) is 2. The van der Waals surface area contributed by atoms with Crippen LogP contribution in [0.4, 0.5) is 10.5 Å². The van der Waals surface area contributed by atoms with Crippen LogP contribution in [-0.2, 0) is 9.59 Å². The number of amides is 3. The second kappa shape index (κ2) is 8.63. The first-order chi connectivity index (χ1) is 13.4. The second-order valence-corrected chi connectivity index (χ2v) is 7.88. The van der Waals surface area contributed by atoms with Crippen molar-refractivity contribution >= 4 is 23.6 Å². The van der Waals surface area contributed by atoms with E-state index >= 15 is 0 Å². The van der Waals surface area contributed by atoms with Crippen LogP contribution in [0, 0.1) is 5.92 Å². The zero-order valence-corrected chi connectivity index (χ0v) is 16.4. The molecule has 0 spiro atoms. The van der Waals surface area contributed by atoms with Gasteiger partial charge in [0.05, 0.1) is 5.92 Å². The van der Waals surface area contributed by atoms with Gasteiger partial charge >= 0.3 is 12.0 Å². The number of likely N-dealkylation sites (N-methyl/N-ethyl adjacent to an activating group) is 1. The number of benzene rings is 1. The summed E-state index contributed by atoms with van der Waals surface area (Å²) in [5.41, 5.74) is -0.394. The summed E-state index contributed by atoms with van der Waals surface area (Å²) in [5.74, 6) is -1.45. The third-order valence-electron chi connectivity index (χ3n) is 6.13. The zero-order chi connectivity index (χ0) is 20.1. The van der Waals surface area contributed by atoms with Gasteiger partial charge in [0.1, 0.15) is 5.54 Å². The maximum atomic E-state index is 13.1. The molecular formula is C21H29N3O4. The highest BCUT2D eigenvalue weighted by molar-refractivity contribution is 5.91. The summed E-state index contributed by atoms with van der Waals surface area (Å²) < 4.78 is 0. The minimum Gasteiger partial charge on any atom is -0.479 e. The molecule has 7 heteroatoms. The first-order valence-corrected chi connectivity index (χ1v) is 10.1. The van der Waals surface area contributed by atoms with E-state index in [0.29, 0.717) is 38.0 Å². The van der Waals surface area contributed by atoms with Crippen LogP contribution in [0.1, 0.15) is 44.9 Å². The van der Waals surface area contributed by atoms with Crippen molar-refractivity contribution in [2.24, 2.45) is 5.92 Å². The third kappa shape index (κ3) is 4.13. The molecule has 2 fully saturated rings. The molecule has 3 amide bonds. The van der Waals surface area contributed by atoms with Crippen LogP contribution < -0.4 is 5.32 Å². The molecule has 1 saturated carbocycles. The molecule has 1 unspecified atom stereocenters. The number of carboxylic acids is 1. The Bertz CT molecular complexity index is 716. The van der Waals surface area contributed by atoms with Gasteiger partial charge < -0.3 is 20.2 Å². The van der Waals surface area contributed by atoms with Gasteiger partial charge in [0.25, 0.3) is 0 Å². The van der Waals surface area contributed by atoms with E-state index in [9.17, 15) is 19.5 Å². The average molecular weight is 387 g/mol. The predicted octanol–water partition coefficient (Wildman–Crippen LogP) is 3.18. The summed E-state index contributed by atoms with van der Waals surface area (Å²) in [6, 6.07) is 8.99. The Morgan fingerprint density at radius 1 is 1.11 bits per heavy atom. The molecule has 2 N–H and O–H groups in total. The number of aliphatic carboxylic acids is 1. The van der Waals surface area contributed by atoms with Crippen molar-refractivity contribution in [3.05, 3.63) is 30.3 Å². The van der Waals surface area contributed by atoms with Gasteiger partial charge in [0.2, 0.25) is 5.91 Å². The van der Waals surface area contributed by atoms with Crippen molar-refractivity contribution in [1.29, 1.82) is 0 Å². The molecule has 28 heavy (non-hydrogen) atoms. The van der Waals surface area contributed by atoms with Gasteiger partial charge in [-0.1, -0.05) is 37.5 Å². The fourth-order valence-corrected chi connectivity index (χ4v) is 4.40. The molecule has 2 aliphatic rings. The number of piperidine rings is 1. The van der Waals surface area contributed by atoms with Crippen molar-refractivity contribution in [3.8, 4) is 0 Å². The third-order valence-corrected chi connectivity index (χ3v) is 6.13. The molecule has 0 bridgehead atoms. The Labute approximate surface area is 165 Å². The molecule has 1 aliphatic heterocycles. The van der Waals surface area contributed by atoms with Crippen molar-refractivity contribution in [2.75, 3.05) is 25.5 Å². The first kappa shape index (κ1) is 20.2. The number of nitrogens with one attached hydrogen (secondary N) is 1. The lowest BCUT2D eigenvalue weighted by molar-refractivity contribution is -0.162. The van der Waals surface area contributed by atoms with E-state index in [1.54, 1.807) is 11.9 Å². The lowest BCUT2D eigenvalue weighted by Gasteiger charge is -2.43. The molecule has 1 aliphatic carbocycles. The van der Waals surface area contributed by atoms with Crippen molar-refractivity contribution in [2.45, 2.75) is 50.5 Å². The standard InChI is InChI=1S/C21H29N3O4/c1-23(21(19(26)27)12-6-3-7-13-21)18(25)16-9-8-14-24(15-16)20(28)22-17-10-4-2-5-11-17/h2,4-5,10-11,16H,3,6-9,12-15H2,1H3,(H,22,28)(H,26,27). The maximum absolute atomic E-state index is 13.1. The summed E-state index contributed by atoms with van der Waals surface area (Å²) in [7, 11) is 1.62. The SMILES string of the molecule is CN(C(=O)C1CCCN(C(=O)Nc2ccccc2)C1)C1(C(=O)O)CCCCC1. The number of likely N-dealkylation sites (tertiary alicyclic amines) is 1. The topological polar surface area (TPSA) is 90.0 Å². The zero-order valence-electron chi connectivity index (χ0n) is 16.4. The van der Waals surface area contributed by atoms with E-state index < -0.39 is 11.5 Å². The molecule has 0 radical (unpaired) electrons. The molecule has 152 valence electrons. The van der Waals surface area contributed by atoms with Gasteiger partial charge in [-0.15, -0.1) is 0 Å². The van der Waals surface area contributed by atoms with Gasteiger partial charge in [-0.3, -0.25) is 4.79 Å². The molecule has 1 saturated heterocycles. The van der Waals surface area contributed by atoms with E-state index in [4.69, 9.17) is 0 Å². The molecule has 3 rings (SSSR count). The summed E-state index contributed by atoms with van der Waals surface area (Å²) in [4.78, 5) is 40.8. The predicted molar refractivity (Wildman–Crippen MR) is 106 cm³/mol. The highest BCUT2D eigenvalue weighted by Gasteiger charge is 2.47. The van der Waals surface area contributed by atoms with Gasteiger partial charge in [-0.2, -0.15) is 0 Å². The van der Waals surface area contributed by atoms with E-state index in [2.05, 4.69) is 5.32 Å². The highest BCUT2D eigenvalue weighted by Crippen LogP contribution is 2.35. The highest BCUT2D eigenvalue weighted by atomic mass is 16.4. The number of hydrogen-bond acceptors (Lipinski definition) is 3. The van der Waals surface area contributed by atoms with Crippen LogP contribution in [0.3, 0.4) is 0 Å². The second-order valence-electron chi connectivity index (χ2n) is 7.88. The van der Waals surface area contributed by atoms with Crippen LogP contribution in [0.2, 0.25) is 0 Å². The number of carbonyl (C=O) groups is 3. The van der Waals surface area contributed by atoms with Gasteiger partial charge in [0, 0.05) is 25.8 Å². The minimum atomic E-state index is -1.11. The molecule has 0 aromatic heterocycles. The number of carbonyl (C=O) groups excluding carboxylic acids is 2. The smallest absolute Gasteiger partial charge is 0.329 e. The number of rotatable bonds is 4. The fourth-order valence-electron chi connectivity index (χ4n) is 4.40. The van der Waals surface area contributed by atoms with E-state index in [1.807, 2.05) is 30.3 Å². The molecular weight excluding hydrogens is 358 g/mol. The van der Waals surface area contributed by atoms with Gasteiger partial charge in [0.15, 0.2) is 0 Å². The van der Waals surface area contributed by atoms with Crippen molar-refractivity contribution in [3.63, 3.8) is 0 Å². The lowest BCUT2D eigenvalue weighted by Crippen LogP contribution is -2.59. The van der Waals surface area contributed by atoms with E-state index in [1.165, 1.54) is 4.90 Å². The van der Waals surface area contributed by atoms with Crippen LogP contribution in [0.5, 0.6) is 0 Å². The molecule has 1 aromatic carbocycles. The number of carboxylic acid groups (broad SMARTS) is 1.